The van der Waals surface area contributed by atoms with E-state index < -0.39 is 32.7 Å². The number of nitrogens with zero attached hydrogens (tertiary/aromatic N) is 5. The van der Waals surface area contributed by atoms with Gasteiger partial charge >= 0.3 is 12.1 Å². The first-order valence-corrected chi connectivity index (χ1v) is 16.2. The first-order valence-electron chi connectivity index (χ1n) is 12.7. The van der Waals surface area contributed by atoms with Gasteiger partial charge in [-0.1, -0.05) is 39.0 Å². The number of alkyl halides is 4. The average molecular weight is 619 g/mol. The van der Waals surface area contributed by atoms with Crippen molar-refractivity contribution in [1.82, 2.24) is 20.2 Å². The van der Waals surface area contributed by atoms with Gasteiger partial charge < -0.3 is 23.7 Å². The van der Waals surface area contributed by atoms with Crippen molar-refractivity contribution >= 4 is 49.4 Å². The van der Waals surface area contributed by atoms with Crippen LogP contribution >= 0.6 is 11.6 Å². The average Bonchev–Trinajstić information content (AvgIpc) is 3.27. The maximum Gasteiger partial charge on any atom is 0.472 e. The van der Waals surface area contributed by atoms with E-state index in [1.54, 1.807) is 30.9 Å². The zero-order chi connectivity index (χ0) is 31.2. The Kier molecular flexibility index (Phi) is 11.8. The van der Waals surface area contributed by atoms with E-state index >= 15 is 0 Å². The summed E-state index contributed by atoms with van der Waals surface area (Å²) in [5, 5.41) is 1.51. The molecule has 0 saturated carbocycles. The molecule has 2 heterocycles. The van der Waals surface area contributed by atoms with Crippen LogP contribution in [0.4, 0.5) is 24.8 Å². The molecular formula is C26H38ClF3N6O4Si. The summed E-state index contributed by atoms with van der Waals surface area (Å²) in [6, 6.07) is 1.98. The fraction of sp³-hybridized carbons (Fsp3) is 0.615. The summed E-state index contributed by atoms with van der Waals surface area (Å²) >= 11 is 5.91. The monoisotopic (exact) mass is 618 g/mol. The van der Waals surface area contributed by atoms with Gasteiger partial charge in [-0.3, -0.25) is 10.1 Å². The number of ether oxygens (including phenoxy) is 2. The molecule has 1 aromatic rings. The third-order valence-corrected chi connectivity index (χ3v) is 11.4. The van der Waals surface area contributed by atoms with Gasteiger partial charge in [0.05, 0.1) is 24.6 Å². The van der Waals surface area contributed by atoms with Gasteiger partial charge in [-0.15, -0.1) is 0 Å². The molecule has 0 bridgehead atoms. The minimum Gasteiger partial charge on any atom is -0.414 e. The zero-order valence-electron chi connectivity index (χ0n) is 24.6. The predicted molar refractivity (Wildman–Crippen MR) is 155 cm³/mol. The van der Waals surface area contributed by atoms with E-state index in [4.69, 9.17) is 25.5 Å². The molecule has 1 amide bonds. The van der Waals surface area contributed by atoms with E-state index in [1.165, 1.54) is 18.0 Å². The fourth-order valence-electron chi connectivity index (χ4n) is 3.46. The first-order chi connectivity index (χ1) is 18.9. The molecule has 41 heavy (non-hydrogen) atoms. The molecule has 0 spiro atoms. The third-order valence-electron chi connectivity index (χ3n) is 6.81. The number of hydrogen-bond donors (Lipinski definition) is 1. The third kappa shape index (κ3) is 9.40. The molecule has 1 N–H and O–H groups in total. The van der Waals surface area contributed by atoms with Crippen LogP contribution in [-0.4, -0.2) is 93.9 Å². The van der Waals surface area contributed by atoms with Crippen molar-refractivity contribution in [3.8, 4) is 12.0 Å². The number of hydrogen-bond acceptors (Lipinski definition) is 8. The van der Waals surface area contributed by atoms with Crippen molar-refractivity contribution in [2.75, 3.05) is 38.7 Å². The lowest BCUT2D eigenvalue weighted by atomic mass is 10.1. The highest BCUT2D eigenvalue weighted by molar-refractivity contribution is 6.74. The van der Waals surface area contributed by atoms with Crippen molar-refractivity contribution in [3.05, 3.63) is 18.5 Å². The predicted octanol–water partition coefficient (Wildman–Crippen LogP) is 4.51. The van der Waals surface area contributed by atoms with Crippen molar-refractivity contribution in [2.24, 2.45) is 4.99 Å². The number of carbonyl (C=O) groups is 1. The number of amides is 1. The number of aliphatic imine (C=N–C) groups is 1. The fourth-order valence-corrected chi connectivity index (χ4v) is 4.64. The van der Waals surface area contributed by atoms with Gasteiger partial charge in [0.2, 0.25) is 0 Å². The van der Waals surface area contributed by atoms with Crippen molar-refractivity contribution in [1.29, 1.82) is 0 Å². The summed E-state index contributed by atoms with van der Waals surface area (Å²) < 4.78 is 56.3. The number of nitrogens with one attached hydrogen (secondary N) is 1. The maximum atomic E-state index is 12.6. The van der Waals surface area contributed by atoms with Gasteiger partial charge in [-0.2, -0.15) is 13.2 Å². The van der Waals surface area contributed by atoms with Gasteiger partial charge in [-0.05, 0) is 24.1 Å². The van der Waals surface area contributed by atoms with E-state index in [-0.39, 0.29) is 34.2 Å². The van der Waals surface area contributed by atoms with Crippen LogP contribution < -0.4 is 10.2 Å². The largest absolute Gasteiger partial charge is 0.472 e. The molecular weight excluding hydrogens is 581 g/mol. The minimum absolute atomic E-state index is 0.00490. The van der Waals surface area contributed by atoms with Crippen LogP contribution in [-0.2, 0) is 18.7 Å². The van der Waals surface area contributed by atoms with E-state index in [9.17, 15) is 18.0 Å². The van der Waals surface area contributed by atoms with E-state index in [2.05, 4.69) is 61.3 Å². The summed E-state index contributed by atoms with van der Waals surface area (Å²) in [7, 11) is 3.18. The van der Waals surface area contributed by atoms with Crippen LogP contribution in [0.1, 0.15) is 32.8 Å². The van der Waals surface area contributed by atoms with Crippen LogP contribution in [0.15, 0.2) is 17.9 Å². The van der Waals surface area contributed by atoms with Gasteiger partial charge in [0, 0.05) is 39.2 Å². The molecule has 228 valence electrons. The molecule has 3 atom stereocenters. The Morgan fingerprint density at radius 3 is 2.54 bits per heavy atom. The Bertz CT molecular complexity index is 1180. The standard InChI is InChI=1S/C26H38ClF3N6O4Si/c1-17(10-11-31-24(37)26(28,29)30)21-22(34-16-35(5)6)32-15-33-23(21)36(7)20-12-18(38-14-27)19(40-20)13-39-41(8,9)25(2,3)4/h15-16,18-20H,1,12-14H2,2-9H3,(H,31,37)/t18?,19-,20-/m1/s1. The highest BCUT2D eigenvalue weighted by Crippen LogP contribution is 2.38. The van der Waals surface area contributed by atoms with Crippen molar-refractivity contribution in [3.63, 3.8) is 0 Å². The molecule has 10 nitrogen and oxygen atoms in total. The summed E-state index contributed by atoms with van der Waals surface area (Å²) in [6.45, 7) is 14.9. The van der Waals surface area contributed by atoms with Crippen LogP contribution in [0.5, 0.6) is 0 Å². The van der Waals surface area contributed by atoms with E-state index in [1.807, 2.05) is 6.04 Å². The van der Waals surface area contributed by atoms with Crippen molar-refractivity contribution < 1.29 is 31.9 Å². The van der Waals surface area contributed by atoms with E-state index in [0.717, 1.165) is 0 Å². The quantitative estimate of drug-likeness (QED) is 0.102. The molecule has 1 fully saturated rings. The molecule has 0 aromatic carbocycles. The highest BCUT2D eigenvalue weighted by Gasteiger charge is 2.43. The van der Waals surface area contributed by atoms with E-state index in [0.29, 0.717) is 18.8 Å². The maximum absolute atomic E-state index is 12.6. The van der Waals surface area contributed by atoms with Gasteiger partial charge in [0.25, 0.3) is 0 Å². The second-order valence-corrected chi connectivity index (χ2v) is 16.2. The summed E-state index contributed by atoms with van der Waals surface area (Å²) in [4.78, 5) is 27.5. The Balaban J connectivity index is 2.40. The number of halogens is 4. The molecule has 2 rings (SSSR count). The second kappa shape index (κ2) is 14.0. The molecule has 1 saturated heterocycles. The van der Waals surface area contributed by atoms with Crippen LogP contribution in [0.3, 0.4) is 0 Å². The highest BCUT2D eigenvalue weighted by atomic mass is 35.5. The molecule has 15 heteroatoms. The van der Waals surface area contributed by atoms with Crippen LogP contribution in [0, 0.1) is 12.0 Å². The normalized spacial score (nSPS) is 19.6. The first kappa shape index (κ1) is 34.5. The lowest BCUT2D eigenvalue weighted by Gasteiger charge is -2.37. The molecule has 1 unspecified atom stereocenters. The Morgan fingerprint density at radius 2 is 1.98 bits per heavy atom. The van der Waals surface area contributed by atoms with Crippen molar-refractivity contribution in [2.45, 2.75) is 69.9 Å². The lowest BCUT2D eigenvalue weighted by molar-refractivity contribution is -0.172. The molecule has 0 radical (unpaired) electrons. The molecule has 1 aliphatic rings. The smallest absolute Gasteiger partial charge is 0.414 e. The Morgan fingerprint density at radius 1 is 1.32 bits per heavy atom. The number of anilines is 1. The summed E-state index contributed by atoms with van der Waals surface area (Å²) in [5.74, 6) is 0.723. The topological polar surface area (TPSA) is 101 Å². The summed E-state index contributed by atoms with van der Waals surface area (Å²) in [5.41, 5.74) is 0.284. The Labute approximate surface area is 245 Å². The number of aromatic nitrogens is 2. The van der Waals surface area contributed by atoms with Crippen LogP contribution in [0.25, 0.3) is 5.57 Å². The van der Waals surface area contributed by atoms with Gasteiger partial charge in [-0.25, -0.2) is 15.0 Å². The second-order valence-electron chi connectivity index (χ2n) is 11.1. The number of carbonyl (C=O) groups excluding carboxylic acids is 1. The van der Waals surface area contributed by atoms with Crippen LogP contribution in [0.2, 0.25) is 18.1 Å². The number of rotatable bonds is 10. The molecule has 1 aliphatic heterocycles. The molecule has 0 aliphatic carbocycles. The van der Waals surface area contributed by atoms with Gasteiger partial charge in [0.1, 0.15) is 30.5 Å². The Hall–Kier alpha value is -2.70. The lowest BCUT2D eigenvalue weighted by Crippen LogP contribution is -2.44. The SMILES string of the molecule is C=C(C#CNC(=O)C(F)(F)F)c1c(N=CN(C)C)ncnc1N(C)[C@H]1CC(OCCl)[C@@H](CO[Si](C)(C)C(C)(C)C)O1. The molecule has 1 aromatic heterocycles. The number of allylic oxidation sites excluding steroid dienone is 1. The summed E-state index contributed by atoms with van der Waals surface area (Å²) in [6.07, 6.45) is -3.18. The minimum atomic E-state index is -5.08. The zero-order valence-corrected chi connectivity index (χ0v) is 26.4. The van der Waals surface area contributed by atoms with Gasteiger partial charge in [0.15, 0.2) is 14.1 Å².